The molecule has 2 heterocycles. The molecule has 4 aromatic rings. The Morgan fingerprint density at radius 2 is 1.79 bits per heavy atom. The number of para-hydroxylation sites is 3. The molecule has 0 radical (unpaired) electrons. The van der Waals surface area contributed by atoms with Crippen LogP contribution in [0.25, 0.3) is 10.2 Å². The van der Waals surface area contributed by atoms with Gasteiger partial charge >= 0.3 is 11.6 Å². The molecule has 0 saturated heterocycles. The SMILES string of the molecule is O=c1oc(Nc2ccccc2Oc2ccccc2)nc2ccsc12. The molecule has 0 atom stereocenters. The van der Waals surface area contributed by atoms with Crippen LogP contribution >= 0.6 is 11.3 Å². The van der Waals surface area contributed by atoms with Crippen molar-refractivity contribution >= 4 is 33.3 Å². The van der Waals surface area contributed by atoms with E-state index < -0.39 is 5.63 Å². The molecular weight excluding hydrogens is 324 g/mol. The molecule has 0 aliphatic rings. The predicted molar refractivity (Wildman–Crippen MR) is 94.4 cm³/mol. The quantitative estimate of drug-likeness (QED) is 0.581. The number of anilines is 2. The highest BCUT2D eigenvalue weighted by Crippen LogP contribution is 2.31. The molecule has 24 heavy (non-hydrogen) atoms. The van der Waals surface area contributed by atoms with Gasteiger partial charge in [-0.25, -0.2) is 4.79 Å². The van der Waals surface area contributed by atoms with Crippen molar-refractivity contribution in [3.8, 4) is 11.5 Å². The van der Waals surface area contributed by atoms with Crippen molar-refractivity contribution < 1.29 is 9.15 Å². The van der Waals surface area contributed by atoms with Crippen LogP contribution in [0.3, 0.4) is 0 Å². The minimum Gasteiger partial charge on any atom is -0.455 e. The summed E-state index contributed by atoms with van der Waals surface area (Å²) in [4.78, 5) is 16.3. The van der Waals surface area contributed by atoms with Crippen molar-refractivity contribution in [2.45, 2.75) is 0 Å². The Bertz CT molecular complexity index is 1040. The molecule has 0 bridgehead atoms. The summed E-state index contributed by atoms with van der Waals surface area (Å²) in [5, 5.41) is 4.83. The third-order valence-corrected chi connectivity index (χ3v) is 4.22. The van der Waals surface area contributed by atoms with Crippen LogP contribution in [0.5, 0.6) is 11.5 Å². The first-order valence-electron chi connectivity index (χ1n) is 7.27. The number of thiophene rings is 1. The number of rotatable bonds is 4. The van der Waals surface area contributed by atoms with Gasteiger partial charge in [0.05, 0.1) is 11.2 Å². The molecule has 4 rings (SSSR count). The maximum absolute atomic E-state index is 12.0. The summed E-state index contributed by atoms with van der Waals surface area (Å²) in [6.07, 6.45) is 0. The van der Waals surface area contributed by atoms with Gasteiger partial charge in [-0.05, 0) is 35.7 Å². The van der Waals surface area contributed by atoms with E-state index >= 15 is 0 Å². The molecule has 0 aliphatic carbocycles. The van der Waals surface area contributed by atoms with Crippen molar-refractivity contribution in [3.63, 3.8) is 0 Å². The summed E-state index contributed by atoms with van der Waals surface area (Å²) in [7, 11) is 0. The van der Waals surface area contributed by atoms with Crippen LogP contribution < -0.4 is 15.7 Å². The molecule has 0 aliphatic heterocycles. The lowest BCUT2D eigenvalue weighted by Crippen LogP contribution is -2.03. The Morgan fingerprint density at radius 3 is 2.67 bits per heavy atom. The minimum atomic E-state index is -0.404. The highest BCUT2D eigenvalue weighted by Gasteiger charge is 2.10. The van der Waals surface area contributed by atoms with Crippen molar-refractivity contribution in [2.24, 2.45) is 0 Å². The Morgan fingerprint density at radius 1 is 1.00 bits per heavy atom. The van der Waals surface area contributed by atoms with Gasteiger partial charge in [-0.3, -0.25) is 0 Å². The molecular formula is C18H12N2O3S. The molecule has 5 nitrogen and oxygen atoms in total. The van der Waals surface area contributed by atoms with Crippen LogP contribution in [0, 0.1) is 0 Å². The highest BCUT2D eigenvalue weighted by atomic mass is 32.1. The van der Waals surface area contributed by atoms with E-state index in [0.717, 1.165) is 5.75 Å². The monoisotopic (exact) mass is 336 g/mol. The summed E-state index contributed by atoms with van der Waals surface area (Å²) < 4.78 is 11.6. The molecule has 0 spiro atoms. The van der Waals surface area contributed by atoms with E-state index in [-0.39, 0.29) is 6.01 Å². The fourth-order valence-corrected chi connectivity index (χ4v) is 2.96. The Kier molecular flexibility index (Phi) is 3.72. The third-order valence-electron chi connectivity index (χ3n) is 3.34. The second-order valence-electron chi connectivity index (χ2n) is 4.98. The molecule has 2 aromatic heterocycles. The molecule has 0 fully saturated rings. The molecule has 0 amide bonds. The molecule has 0 saturated carbocycles. The number of aromatic nitrogens is 1. The first kappa shape index (κ1) is 14.5. The van der Waals surface area contributed by atoms with E-state index in [1.165, 1.54) is 11.3 Å². The predicted octanol–water partition coefficient (Wildman–Crippen LogP) is 4.79. The second-order valence-corrected chi connectivity index (χ2v) is 5.89. The van der Waals surface area contributed by atoms with Crippen LogP contribution in [-0.4, -0.2) is 4.98 Å². The zero-order chi connectivity index (χ0) is 16.4. The lowest BCUT2D eigenvalue weighted by Gasteiger charge is -2.11. The Hall–Kier alpha value is -3.12. The van der Waals surface area contributed by atoms with Gasteiger partial charge in [0.2, 0.25) is 0 Å². The van der Waals surface area contributed by atoms with Gasteiger partial charge in [0.1, 0.15) is 10.4 Å². The lowest BCUT2D eigenvalue weighted by molar-refractivity contribution is 0.483. The van der Waals surface area contributed by atoms with Gasteiger partial charge in [0.15, 0.2) is 5.75 Å². The number of hydrogen-bond acceptors (Lipinski definition) is 6. The van der Waals surface area contributed by atoms with Gasteiger partial charge in [0, 0.05) is 0 Å². The molecule has 2 aromatic carbocycles. The number of fused-ring (bicyclic) bond motifs is 1. The minimum absolute atomic E-state index is 0.134. The summed E-state index contributed by atoms with van der Waals surface area (Å²) >= 11 is 1.31. The van der Waals surface area contributed by atoms with Gasteiger partial charge in [-0.1, -0.05) is 30.3 Å². The molecule has 118 valence electrons. The Balaban J connectivity index is 1.67. The van der Waals surface area contributed by atoms with E-state index in [2.05, 4.69) is 10.3 Å². The highest BCUT2D eigenvalue weighted by molar-refractivity contribution is 7.17. The standard InChI is InChI=1S/C18H12N2O3S/c21-17-16-14(10-11-24-16)20-18(23-17)19-13-8-4-5-9-15(13)22-12-6-2-1-3-7-12/h1-11H,(H,19,20). The maximum Gasteiger partial charge on any atom is 0.358 e. The van der Waals surface area contributed by atoms with Crippen LogP contribution in [0.1, 0.15) is 0 Å². The van der Waals surface area contributed by atoms with Gasteiger partial charge in [-0.2, -0.15) is 4.98 Å². The summed E-state index contributed by atoms with van der Waals surface area (Å²) in [5.74, 6) is 1.33. The Labute approximate surface area is 141 Å². The lowest BCUT2D eigenvalue weighted by atomic mass is 10.3. The topological polar surface area (TPSA) is 64.4 Å². The van der Waals surface area contributed by atoms with E-state index in [1.807, 2.05) is 60.0 Å². The molecule has 1 N–H and O–H groups in total. The van der Waals surface area contributed by atoms with E-state index in [9.17, 15) is 4.79 Å². The average molecular weight is 336 g/mol. The molecule has 6 heteroatoms. The van der Waals surface area contributed by atoms with Crippen molar-refractivity contribution in [1.29, 1.82) is 0 Å². The normalized spacial score (nSPS) is 10.7. The van der Waals surface area contributed by atoms with Crippen LogP contribution in [-0.2, 0) is 0 Å². The first-order chi connectivity index (χ1) is 11.8. The van der Waals surface area contributed by atoms with Gasteiger partial charge in [0.25, 0.3) is 0 Å². The van der Waals surface area contributed by atoms with Gasteiger partial charge < -0.3 is 14.5 Å². The van der Waals surface area contributed by atoms with Crippen LogP contribution in [0.2, 0.25) is 0 Å². The summed E-state index contributed by atoms with van der Waals surface area (Å²) in [6, 6.07) is 18.8. The smallest absolute Gasteiger partial charge is 0.358 e. The van der Waals surface area contributed by atoms with E-state index in [4.69, 9.17) is 9.15 Å². The number of benzene rings is 2. The molecule has 0 unspecified atom stereocenters. The van der Waals surface area contributed by atoms with Crippen LogP contribution in [0.15, 0.2) is 75.3 Å². The zero-order valence-corrected chi connectivity index (χ0v) is 13.2. The zero-order valence-electron chi connectivity index (χ0n) is 12.4. The fourth-order valence-electron chi connectivity index (χ4n) is 2.25. The number of hydrogen-bond donors (Lipinski definition) is 1. The van der Waals surface area contributed by atoms with Crippen LogP contribution in [0.4, 0.5) is 11.7 Å². The van der Waals surface area contributed by atoms with E-state index in [0.29, 0.717) is 21.7 Å². The number of nitrogens with one attached hydrogen (secondary N) is 1. The third kappa shape index (κ3) is 2.87. The average Bonchev–Trinajstić information content (AvgIpc) is 3.07. The fraction of sp³-hybridized carbons (Fsp3) is 0. The summed E-state index contributed by atoms with van der Waals surface area (Å²) in [6.45, 7) is 0. The largest absolute Gasteiger partial charge is 0.455 e. The second kappa shape index (κ2) is 6.17. The summed E-state index contributed by atoms with van der Waals surface area (Å²) in [5.41, 5.74) is 0.866. The van der Waals surface area contributed by atoms with Gasteiger partial charge in [-0.15, -0.1) is 11.3 Å². The van der Waals surface area contributed by atoms with Crippen molar-refractivity contribution in [1.82, 2.24) is 4.98 Å². The first-order valence-corrected chi connectivity index (χ1v) is 8.15. The number of nitrogens with zero attached hydrogens (tertiary/aromatic N) is 1. The van der Waals surface area contributed by atoms with Crippen molar-refractivity contribution in [3.05, 3.63) is 76.5 Å². The van der Waals surface area contributed by atoms with Crippen molar-refractivity contribution in [2.75, 3.05) is 5.32 Å². The number of ether oxygens (including phenoxy) is 1. The van der Waals surface area contributed by atoms with E-state index in [1.54, 1.807) is 6.07 Å². The maximum atomic E-state index is 12.0.